The van der Waals surface area contributed by atoms with Crippen molar-refractivity contribution in [3.63, 3.8) is 0 Å². The summed E-state index contributed by atoms with van der Waals surface area (Å²) in [4.78, 5) is 11.5. The maximum absolute atomic E-state index is 11.5. The van der Waals surface area contributed by atoms with Gasteiger partial charge in [-0.15, -0.1) is 0 Å². The Labute approximate surface area is 89.0 Å². The van der Waals surface area contributed by atoms with Crippen molar-refractivity contribution in [2.75, 3.05) is 6.54 Å². The van der Waals surface area contributed by atoms with Gasteiger partial charge in [0.25, 0.3) is 0 Å². The van der Waals surface area contributed by atoms with E-state index in [4.69, 9.17) is 0 Å². The normalized spacial score (nSPS) is 27.9. The van der Waals surface area contributed by atoms with Crippen LogP contribution in [0.1, 0.15) is 24.0 Å². The Morgan fingerprint density at radius 3 is 3.00 bits per heavy atom. The topological polar surface area (TPSA) is 29.1 Å². The van der Waals surface area contributed by atoms with Crippen LogP contribution in [-0.4, -0.2) is 12.5 Å². The summed E-state index contributed by atoms with van der Waals surface area (Å²) in [5.74, 6) is 0.169. The van der Waals surface area contributed by atoms with E-state index in [-0.39, 0.29) is 11.3 Å². The molecule has 3 rings (SSSR count). The molecule has 0 aromatic heterocycles. The summed E-state index contributed by atoms with van der Waals surface area (Å²) < 4.78 is 0. The van der Waals surface area contributed by atoms with E-state index in [9.17, 15) is 4.79 Å². The summed E-state index contributed by atoms with van der Waals surface area (Å²) >= 11 is 0. The Morgan fingerprint density at radius 2 is 2.13 bits per heavy atom. The van der Waals surface area contributed by atoms with Crippen LogP contribution in [0.2, 0.25) is 0 Å². The van der Waals surface area contributed by atoms with Crippen LogP contribution in [0, 0.1) is 0 Å². The first-order valence-corrected chi connectivity index (χ1v) is 5.36. The number of amides is 1. The third-order valence-corrected chi connectivity index (χ3v) is 3.45. The molecule has 1 aliphatic heterocycles. The fraction of sp³-hybridized carbons (Fsp3) is 0.308. The molecule has 76 valence electrons. The van der Waals surface area contributed by atoms with Gasteiger partial charge in [0.15, 0.2) is 0 Å². The van der Waals surface area contributed by atoms with Gasteiger partial charge in [0.2, 0.25) is 5.91 Å². The predicted molar refractivity (Wildman–Crippen MR) is 59.4 cm³/mol. The number of hydrogen-bond donors (Lipinski definition) is 1. The lowest BCUT2D eigenvalue weighted by Crippen LogP contribution is -2.41. The van der Waals surface area contributed by atoms with Gasteiger partial charge in [-0.1, -0.05) is 36.4 Å². The Bertz CT molecular complexity index is 450. The smallest absolute Gasteiger partial charge is 0.221 e. The zero-order chi connectivity index (χ0) is 10.3. The van der Waals surface area contributed by atoms with Crippen molar-refractivity contribution < 1.29 is 4.79 Å². The highest BCUT2D eigenvalue weighted by molar-refractivity contribution is 5.81. The van der Waals surface area contributed by atoms with Gasteiger partial charge < -0.3 is 5.32 Å². The van der Waals surface area contributed by atoms with Crippen LogP contribution < -0.4 is 5.32 Å². The molecule has 2 nitrogen and oxygen atoms in total. The molecule has 1 aliphatic carbocycles. The average molecular weight is 199 g/mol. The molecule has 1 fully saturated rings. The lowest BCUT2D eigenvalue weighted by atomic mass is 9.75. The molecule has 1 atom stereocenters. The molecular weight excluding hydrogens is 186 g/mol. The number of carbonyl (C=O) groups is 1. The van der Waals surface area contributed by atoms with Crippen molar-refractivity contribution in [3.05, 3.63) is 41.5 Å². The molecule has 0 bridgehead atoms. The van der Waals surface area contributed by atoms with Gasteiger partial charge in [-0.25, -0.2) is 0 Å². The van der Waals surface area contributed by atoms with Gasteiger partial charge in [0, 0.05) is 18.4 Å². The highest BCUT2D eigenvalue weighted by Gasteiger charge is 2.38. The number of nitrogens with one attached hydrogen (secondary N) is 1. The predicted octanol–water partition coefficient (Wildman–Crippen LogP) is 1.86. The number of allylic oxidation sites excluding steroid dienone is 1. The van der Waals surface area contributed by atoms with Crippen molar-refractivity contribution in [3.8, 4) is 0 Å². The highest BCUT2D eigenvalue weighted by atomic mass is 16.1. The number of piperidine rings is 1. The first-order chi connectivity index (χ1) is 7.30. The van der Waals surface area contributed by atoms with Gasteiger partial charge >= 0.3 is 0 Å². The summed E-state index contributed by atoms with van der Waals surface area (Å²) in [5, 5.41) is 2.89. The molecule has 0 saturated carbocycles. The van der Waals surface area contributed by atoms with E-state index >= 15 is 0 Å². The molecule has 1 aromatic rings. The van der Waals surface area contributed by atoms with E-state index in [2.05, 4.69) is 35.7 Å². The molecule has 1 unspecified atom stereocenters. The Balaban J connectivity index is 2.08. The van der Waals surface area contributed by atoms with Gasteiger partial charge in [-0.05, 0) is 17.5 Å². The molecule has 1 amide bonds. The average Bonchev–Trinajstić information content (AvgIpc) is 2.59. The second kappa shape index (κ2) is 2.96. The number of carbonyl (C=O) groups excluding carboxylic acids is 1. The number of hydrogen-bond acceptors (Lipinski definition) is 1. The van der Waals surface area contributed by atoms with E-state index in [0.29, 0.717) is 6.42 Å². The van der Waals surface area contributed by atoms with Crippen LogP contribution in [0.3, 0.4) is 0 Å². The zero-order valence-corrected chi connectivity index (χ0v) is 8.49. The number of rotatable bonds is 0. The van der Waals surface area contributed by atoms with E-state index < -0.39 is 0 Å². The SMILES string of the molecule is O=C1CC2(C=Cc3ccccc32)CCN1. The Hall–Kier alpha value is -1.57. The quantitative estimate of drug-likeness (QED) is 0.679. The van der Waals surface area contributed by atoms with Crippen molar-refractivity contribution in [1.82, 2.24) is 5.32 Å². The fourth-order valence-corrected chi connectivity index (χ4v) is 2.67. The van der Waals surface area contributed by atoms with Crippen LogP contribution in [0.4, 0.5) is 0 Å². The molecule has 2 heteroatoms. The summed E-state index contributed by atoms with van der Waals surface area (Å²) in [6.45, 7) is 0.789. The minimum atomic E-state index is -0.0150. The number of benzene rings is 1. The fourth-order valence-electron chi connectivity index (χ4n) is 2.67. The molecule has 0 radical (unpaired) electrons. The zero-order valence-electron chi connectivity index (χ0n) is 8.49. The summed E-state index contributed by atoms with van der Waals surface area (Å²) in [6, 6.07) is 8.37. The minimum Gasteiger partial charge on any atom is -0.356 e. The first kappa shape index (κ1) is 8.72. The van der Waals surface area contributed by atoms with Crippen LogP contribution in [0.25, 0.3) is 6.08 Å². The van der Waals surface area contributed by atoms with Crippen LogP contribution in [0.15, 0.2) is 30.3 Å². The van der Waals surface area contributed by atoms with Crippen LogP contribution in [-0.2, 0) is 10.2 Å². The van der Waals surface area contributed by atoms with Crippen molar-refractivity contribution >= 4 is 12.0 Å². The van der Waals surface area contributed by atoms with E-state index in [1.54, 1.807) is 0 Å². The van der Waals surface area contributed by atoms with E-state index in [1.165, 1.54) is 11.1 Å². The Kier molecular flexibility index (Phi) is 1.72. The van der Waals surface area contributed by atoms with Gasteiger partial charge in [0.05, 0.1) is 0 Å². The molecule has 1 aromatic carbocycles. The molecule has 15 heavy (non-hydrogen) atoms. The van der Waals surface area contributed by atoms with Gasteiger partial charge in [-0.2, -0.15) is 0 Å². The minimum absolute atomic E-state index is 0.0150. The maximum atomic E-state index is 11.5. The molecular formula is C13H13NO. The summed E-state index contributed by atoms with van der Waals surface area (Å²) in [7, 11) is 0. The van der Waals surface area contributed by atoms with Crippen LogP contribution >= 0.6 is 0 Å². The molecule has 1 spiro atoms. The lowest BCUT2D eigenvalue weighted by molar-refractivity contribution is -0.123. The van der Waals surface area contributed by atoms with Crippen LogP contribution in [0.5, 0.6) is 0 Å². The largest absolute Gasteiger partial charge is 0.356 e. The second-order valence-electron chi connectivity index (χ2n) is 4.35. The van der Waals surface area contributed by atoms with Gasteiger partial charge in [-0.3, -0.25) is 4.79 Å². The summed E-state index contributed by atoms with van der Waals surface area (Å²) in [6.07, 6.45) is 5.97. The van der Waals surface area contributed by atoms with Crippen molar-refractivity contribution in [2.45, 2.75) is 18.3 Å². The van der Waals surface area contributed by atoms with E-state index in [0.717, 1.165) is 13.0 Å². The third kappa shape index (κ3) is 1.21. The standard InChI is InChI=1S/C13H13NO/c15-12-9-13(7-8-14-12)6-5-10-3-1-2-4-11(10)13/h1-6H,7-9H2,(H,14,15). The van der Waals surface area contributed by atoms with Crippen molar-refractivity contribution in [2.24, 2.45) is 0 Å². The number of fused-ring (bicyclic) bond motifs is 2. The molecule has 2 aliphatic rings. The van der Waals surface area contributed by atoms with E-state index in [1.807, 2.05) is 6.07 Å². The lowest BCUT2D eigenvalue weighted by Gasteiger charge is -2.32. The highest BCUT2D eigenvalue weighted by Crippen LogP contribution is 2.42. The molecule has 1 heterocycles. The second-order valence-corrected chi connectivity index (χ2v) is 4.35. The monoisotopic (exact) mass is 199 g/mol. The first-order valence-electron chi connectivity index (χ1n) is 5.36. The third-order valence-electron chi connectivity index (χ3n) is 3.45. The van der Waals surface area contributed by atoms with Gasteiger partial charge in [0.1, 0.15) is 0 Å². The molecule has 1 saturated heterocycles. The maximum Gasteiger partial charge on any atom is 0.221 e. The Morgan fingerprint density at radius 1 is 1.27 bits per heavy atom. The van der Waals surface area contributed by atoms with Crippen molar-refractivity contribution in [1.29, 1.82) is 0 Å². The summed E-state index contributed by atoms with van der Waals surface area (Å²) in [5.41, 5.74) is 2.57. The molecule has 1 N–H and O–H groups in total.